The van der Waals surface area contributed by atoms with Gasteiger partial charge in [-0.15, -0.1) is 0 Å². The van der Waals surface area contributed by atoms with Crippen molar-refractivity contribution in [1.29, 1.82) is 0 Å². The lowest BCUT2D eigenvalue weighted by Gasteiger charge is -2.12. The van der Waals surface area contributed by atoms with Crippen molar-refractivity contribution in [3.05, 3.63) is 47.8 Å². The summed E-state index contributed by atoms with van der Waals surface area (Å²) in [6.07, 6.45) is 0. The van der Waals surface area contributed by atoms with Crippen LogP contribution in [-0.2, 0) is 0 Å². The van der Waals surface area contributed by atoms with Crippen molar-refractivity contribution in [1.82, 2.24) is 5.32 Å². The van der Waals surface area contributed by atoms with Gasteiger partial charge in [0.25, 0.3) is 5.91 Å². The fourth-order valence-electron chi connectivity index (χ4n) is 1.83. The van der Waals surface area contributed by atoms with E-state index in [1.54, 1.807) is 12.1 Å². The van der Waals surface area contributed by atoms with Crippen LogP contribution in [-0.4, -0.2) is 20.1 Å². The highest BCUT2D eigenvalue weighted by molar-refractivity contribution is 5.96. The molecule has 110 valence electrons. The SMILES string of the molecule is CNC(=O)c1ccc(Nc2cc(OC)ccc2F)c(N)c1. The lowest BCUT2D eigenvalue weighted by atomic mass is 10.1. The van der Waals surface area contributed by atoms with Crippen LogP contribution in [0.1, 0.15) is 10.4 Å². The molecule has 1 amide bonds. The number of benzene rings is 2. The van der Waals surface area contributed by atoms with Gasteiger partial charge in [0.05, 0.1) is 24.2 Å². The van der Waals surface area contributed by atoms with Gasteiger partial charge in [-0.05, 0) is 30.3 Å². The van der Waals surface area contributed by atoms with Gasteiger partial charge in [-0.1, -0.05) is 0 Å². The van der Waals surface area contributed by atoms with Crippen molar-refractivity contribution in [2.24, 2.45) is 0 Å². The average molecular weight is 289 g/mol. The Labute approximate surface area is 121 Å². The van der Waals surface area contributed by atoms with E-state index in [1.165, 1.54) is 38.4 Å². The summed E-state index contributed by atoms with van der Waals surface area (Å²) in [6.45, 7) is 0. The number of rotatable bonds is 4. The molecule has 0 aliphatic carbocycles. The molecule has 0 bridgehead atoms. The summed E-state index contributed by atoms with van der Waals surface area (Å²) in [5.74, 6) is -0.133. The van der Waals surface area contributed by atoms with Crippen molar-refractivity contribution in [3.8, 4) is 5.75 Å². The molecule has 2 aromatic rings. The molecular weight excluding hydrogens is 273 g/mol. The summed E-state index contributed by atoms with van der Waals surface area (Å²) in [4.78, 5) is 11.5. The fraction of sp³-hybridized carbons (Fsp3) is 0.133. The number of anilines is 3. The van der Waals surface area contributed by atoms with Gasteiger partial charge in [0.1, 0.15) is 11.6 Å². The Bertz CT molecular complexity index is 674. The molecule has 4 N–H and O–H groups in total. The van der Waals surface area contributed by atoms with Crippen LogP contribution in [0.15, 0.2) is 36.4 Å². The highest BCUT2D eigenvalue weighted by atomic mass is 19.1. The fourth-order valence-corrected chi connectivity index (χ4v) is 1.83. The number of hydrogen-bond donors (Lipinski definition) is 3. The number of hydrogen-bond acceptors (Lipinski definition) is 4. The molecule has 0 fully saturated rings. The molecule has 0 saturated carbocycles. The Morgan fingerprint density at radius 1 is 1.19 bits per heavy atom. The quantitative estimate of drug-likeness (QED) is 0.756. The predicted molar refractivity (Wildman–Crippen MR) is 80.5 cm³/mol. The minimum Gasteiger partial charge on any atom is -0.497 e. The number of carbonyl (C=O) groups is 1. The van der Waals surface area contributed by atoms with E-state index >= 15 is 0 Å². The summed E-state index contributed by atoms with van der Waals surface area (Å²) in [7, 11) is 3.04. The molecule has 0 saturated heterocycles. The van der Waals surface area contributed by atoms with Gasteiger partial charge >= 0.3 is 0 Å². The third-order valence-electron chi connectivity index (χ3n) is 2.98. The van der Waals surface area contributed by atoms with Crippen LogP contribution in [0.3, 0.4) is 0 Å². The first-order valence-electron chi connectivity index (χ1n) is 6.27. The number of nitrogens with two attached hydrogens (primary N) is 1. The van der Waals surface area contributed by atoms with Gasteiger partial charge in [0.15, 0.2) is 0 Å². The van der Waals surface area contributed by atoms with Crippen LogP contribution in [0.5, 0.6) is 5.75 Å². The first-order valence-corrected chi connectivity index (χ1v) is 6.27. The van der Waals surface area contributed by atoms with Crippen molar-refractivity contribution in [3.63, 3.8) is 0 Å². The molecule has 2 rings (SSSR count). The zero-order valence-corrected chi connectivity index (χ0v) is 11.7. The van der Waals surface area contributed by atoms with Crippen LogP contribution in [0.25, 0.3) is 0 Å². The standard InChI is InChI=1S/C15H16FN3O2/c1-18-15(20)9-3-6-13(12(17)7-9)19-14-8-10(21-2)4-5-11(14)16/h3-8,19H,17H2,1-2H3,(H,18,20). The zero-order valence-electron chi connectivity index (χ0n) is 11.7. The third-order valence-corrected chi connectivity index (χ3v) is 2.98. The monoisotopic (exact) mass is 289 g/mol. The molecule has 21 heavy (non-hydrogen) atoms. The predicted octanol–water partition coefficient (Wildman–Crippen LogP) is 2.52. The maximum absolute atomic E-state index is 13.8. The molecule has 0 aliphatic rings. The zero-order chi connectivity index (χ0) is 15.4. The molecule has 0 heterocycles. The highest BCUT2D eigenvalue weighted by Gasteiger charge is 2.09. The molecular formula is C15H16FN3O2. The minimum absolute atomic E-state index is 0.235. The number of methoxy groups -OCH3 is 1. The van der Waals surface area contributed by atoms with E-state index in [-0.39, 0.29) is 11.6 Å². The number of nitrogens with one attached hydrogen (secondary N) is 2. The highest BCUT2D eigenvalue weighted by Crippen LogP contribution is 2.28. The second kappa shape index (κ2) is 6.13. The van der Waals surface area contributed by atoms with Crippen molar-refractivity contribution >= 4 is 23.0 Å². The van der Waals surface area contributed by atoms with E-state index in [0.29, 0.717) is 22.7 Å². The Morgan fingerprint density at radius 3 is 2.57 bits per heavy atom. The Hall–Kier alpha value is -2.76. The average Bonchev–Trinajstić information content (AvgIpc) is 2.50. The Kier molecular flexibility index (Phi) is 4.27. The molecule has 0 atom stereocenters. The van der Waals surface area contributed by atoms with Gasteiger partial charge < -0.3 is 21.1 Å². The molecule has 5 nitrogen and oxygen atoms in total. The van der Waals surface area contributed by atoms with Gasteiger partial charge in [0.2, 0.25) is 0 Å². The lowest BCUT2D eigenvalue weighted by Crippen LogP contribution is -2.18. The molecule has 6 heteroatoms. The molecule has 0 spiro atoms. The number of halogens is 1. The van der Waals surface area contributed by atoms with Crippen molar-refractivity contribution in [2.75, 3.05) is 25.2 Å². The van der Waals surface area contributed by atoms with Gasteiger partial charge in [-0.3, -0.25) is 4.79 Å². The van der Waals surface area contributed by atoms with Crippen LogP contribution in [0.2, 0.25) is 0 Å². The summed E-state index contributed by atoms with van der Waals surface area (Å²) in [6, 6.07) is 9.11. The number of amides is 1. The molecule has 0 aromatic heterocycles. The summed E-state index contributed by atoms with van der Waals surface area (Å²) < 4.78 is 18.8. The van der Waals surface area contributed by atoms with Crippen LogP contribution in [0.4, 0.5) is 21.5 Å². The topological polar surface area (TPSA) is 76.4 Å². The normalized spacial score (nSPS) is 10.0. The lowest BCUT2D eigenvalue weighted by molar-refractivity contribution is 0.0963. The Morgan fingerprint density at radius 2 is 1.95 bits per heavy atom. The Balaban J connectivity index is 2.30. The van der Waals surface area contributed by atoms with Gasteiger partial charge in [-0.25, -0.2) is 4.39 Å². The largest absolute Gasteiger partial charge is 0.497 e. The second-order valence-electron chi connectivity index (χ2n) is 4.35. The van der Waals surface area contributed by atoms with Crippen LogP contribution >= 0.6 is 0 Å². The third kappa shape index (κ3) is 3.22. The van der Waals surface area contributed by atoms with Crippen molar-refractivity contribution in [2.45, 2.75) is 0 Å². The molecule has 2 aromatic carbocycles. The van der Waals surface area contributed by atoms with Gasteiger partial charge in [0, 0.05) is 18.7 Å². The van der Waals surface area contributed by atoms with E-state index in [9.17, 15) is 9.18 Å². The van der Waals surface area contributed by atoms with E-state index in [1.807, 2.05) is 0 Å². The number of carbonyl (C=O) groups excluding carboxylic acids is 1. The first-order chi connectivity index (χ1) is 10.0. The summed E-state index contributed by atoms with van der Waals surface area (Å²) in [5.41, 5.74) is 7.42. The van der Waals surface area contributed by atoms with E-state index in [4.69, 9.17) is 10.5 Å². The minimum atomic E-state index is -0.425. The number of nitrogen functional groups attached to an aromatic ring is 1. The van der Waals surface area contributed by atoms with E-state index in [0.717, 1.165) is 0 Å². The summed E-state index contributed by atoms with van der Waals surface area (Å²) in [5, 5.41) is 5.40. The van der Waals surface area contributed by atoms with Crippen LogP contribution in [0, 0.1) is 5.82 Å². The second-order valence-corrected chi connectivity index (χ2v) is 4.35. The summed E-state index contributed by atoms with van der Waals surface area (Å²) >= 11 is 0. The van der Waals surface area contributed by atoms with Gasteiger partial charge in [-0.2, -0.15) is 0 Å². The number of ether oxygens (including phenoxy) is 1. The van der Waals surface area contributed by atoms with E-state index < -0.39 is 5.82 Å². The van der Waals surface area contributed by atoms with Crippen molar-refractivity contribution < 1.29 is 13.9 Å². The maximum Gasteiger partial charge on any atom is 0.251 e. The smallest absolute Gasteiger partial charge is 0.251 e. The maximum atomic E-state index is 13.8. The van der Waals surface area contributed by atoms with E-state index in [2.05, 4.69) is 10.6 Å². The molecule has 0 radical (unpaired) electrons. The first kappa shape index (κ1) is 14.6. The molecule has 0 aliphatic heterocycles. The molecule has 0 unspecified atom stereocenters. The van der Waals surface area contributed by atoms with Crippen LogP contribution < -0.4 is 21.1 Å².